The number of thioether (sulfide) groups is 1. The SMILES string of the molecule is CSc1ccc(CN(C)S(=O)(=O)CBr)cc1. The molecule has 0 aliphatic heterocycles. The number of alkyl halides is 1. The Morgan fingerprint density at radius 2 is 1.88 bits per heavy atom. The standard InChI is InChI=1S/C10H14BrNO2S2/c1-12(16(13,14)8-11)7-9-3-5-10(15-2)6-4-9/h3-6H,7-8H2,1-2H3. The Balaban J connectivity index is 2.74. The molecule has 1 aromatic rings. The van der Waals surface area contributed by atoms with Crippen molar-refractivity contribution in [2.75, 3.05) is 18.0 Å². The maximum atomic E-state index is 11.5. The van der Waals surface area contributed by atoms with Crippen LogP contribution >= 0.6 is 27.7 Å². The van der Waals surface area contributed by atoms with E-state index in [1.807, 2.05) is 30.5 Å². The van der Waals surface area contributed by atoms with E-state index in [-0.39, 0.29) is 4.66 Å². The van der Waals surface area contributed by atoms with Crippen LogP contribution in [0.2, 0.25) is 0 Å². The van der Waals surface area contributed by atoms with E-state index >= 15 is 0 Å². The molecule has 0 heterocycles. The first kappa shape index (κ1) is 14.0. The topological polar surface area (TPSA) is 37.4 Å². The summed E-state index contributed by atoms with van der Waals surface area (Å²) in [5, 5.41) is 0. The van der Waals surface area contributed by atoms with E-state index in [0.717, 1.165) is 5.56 Å². The van der Waals surface area contributed by atoms with E-state index in [1.54, 1.807) is 18.8 Å². The van der Waals surface area contributed by atoms with Crippen molar-refractivity contribution in [3.63, 3.8) is 0 Å². The number of benzene rings is 1. The minimum absolute atomic E-state index is 0.0423. The molecule has 0 aliphatic rings. The minimum atomic E-state index is -3.17. The molecule has 0 aromatic heterocycles. The first-order valence-electron chi connectivity index (χ1n) is 4.62. The summed E-state index contributed by atoms with van der Waals surface area (Å²) in [5.41, 5.74) is 0.991. The predicted molar refractivity (Wildman–Crippen MR) is 72.4 cm³/mol. The minimum Gasteiger partial charge on any atom is -0.211 e. The first-order valence-corrected chi connectivity index (χ1v) is 8.58. The number of sulfonamides is 1. The summed E-state index contributed by atoms with van der Waals surface area (Å²) in [4.78, 5) is 1.18. The van der Waals surface area contributed by atoms with E-state index in [9.17, 15) is 8.42 Å². The lowest BCUT2D eigenvalue weighted by Gasteiger charge is -2.15. The molecule has 0 N–H and O–H groups in total. The highest BCUT2D eigenvalue weighted by atomic mass is 79.9. The van der Waals surface area contributed by atoms with Crippen LogP contribution in [0.3, 0.4) is 0 Å². The number of halogens is 1. The van der Waals surface area contributed by atoms with Crippen molar-refractivity contribution in [1.82, 2.24) is 4.31 Å². The molecular weight excluding hydrogens is 310 g/mol. The third-order valence-corrected chi connectivity index (χ3v) is 6.01. The fraction of sp³-hybridized carbons (Fsp3) is 0.400. The Morgan fingerprint density at radius 3 is 2.31 bits per heavy atom. The summed E-state index contributed by atoms with van der Waals surface area (Å²) in [7, 11) is -1.58. The van der Waals surface area contributed by atoms with Crippen molar-refractivity contribution in [3.05, 3.63) is 29.8 Å². The van der Waals surface area contributed by atoms with Crippen molar-refractivity contribution in [3.8, 4) is 0 Å². The van der Waals surface area contributed by atoms with Crippen molar-refractivity contribution >= 4 is 37.7 Å². The Hall–Kier alpha value is -0.0400. The molecule has 0 atom stereocenters. The van der Waals surface area contributed by atoms with E-state index in [0.29, 0.717) is 6.54 Å². The molecule has 0 radical (unpaired) electrons. The number of nitrogens with zero attached hydrogens (tertiary/aromatic N) is 1. The molecule has 3 nitrogen and oxygen atoms in total. The van der Waals surface area contributed by atoms with Crippen molar-refractivity contribution in [1.29, 1.82) is 0 Å². The third-order valence-electron chi connectivity index (χ3n) is 2.18. The van der Waals surface area contributed by atoms with Gasteiger partial charge < -0.3 is 0 Å². The fourth-order valence-electron chi connectivity index (χ4n) is 1.17. The van der Waals surface area contributed by atoms with Crippen LogP contribution in [0.4, 0.5) is 0 Å². The molecule has 0 fully saturated rings. The van der Waals surface area contributed by atoms with Gasteiger partial charge in [-0.25, -0.2) is 8.42 Å². The van der Waals surface area contributed by atoms with E-state index in [2.05, 4.69) is 15.9 Å². The van der Waals surface area contributed by atoms with Crippen LogP contribution in [0.5, 0.6) is 0 Å². The van der Waals surface area contributed by atoms with E-state index in [1.165, 1.54) is 9.20 Å². The lowest BCUT2D eigenvalue weighted by atomic mass is 10.2. The highest BCUT2D eigenvalue weighted by Crippen LogP contribution is 2.16. The van der Waals surface area contributed by atoms with Gasteiger partial charge in [-0.2, -0.15) is 4.31 Å². The van der Waals surface area contributed by atoms with Gasteiger partial charge in [-0.3, -0.25) is 0 Å². The summed E-state index contributed by atoms with van der Waals surface area (Å²) in [6, 6.07) is 7.89. The van der Waals surface area contributed by atoms with Crippen LogP contribution < -0.4 is 0 Å². The van der Waals surface area contributed by atoms with Crippen LogP contribution in [0, 0.1) is 0 Å². The highest BCUT2D eigenvalue weighted by Gasteiger charge is 2.15. The molecule has 0 saturated heterocycles. The number of hydrogen-bond donors (Lipinski definition) is 0. The van der Waals surface area contributed by atoms with Crippen LogP contribution in [-0.2, 0) is 16.6 Å². The summed E-state index contributed by atoms with van der Waals surface area (Å²) >= 11 is 4.64. The van der Waals surface area contributed by atoms with Gasteiger partial charge in [0.1, 0.15) is 4.66 Å². The Kier molecular flexibility index (Phi) is 5.30. The van der Waals surface area contributed by atoms with Gasteiger partial charge >= 0.3 is 0 Å². The Labute approximate surface area is 109 Å². The van der Waals surface area contributed by atoms with Crippen molar-refractivity contribution in [2.45, 2.75) is 11.4 Å². The van der Waals surface area contributed by atoms with Crippen molar-refractivity contribution in [2.24, 2.45) is 0 Å². The largest absolute Gasteiger partial charge is 0.224 e. The van der Waals surface area contributed by atoms with Gasteiger partial charge in [-0.05, 0) is 24.0 Å². The average molecular weight is 324 g/mol. The smallest absolute Gasteiger partial charge is 0.211 e. The second-order valence-corrected chi connectivity index (χ2v) is 7.58. The van der Waals surface area contributed by atoms with Gasteiger partial charge in [0.2, 0.25) is 10.0 Å². The van der Waals surface area contributed by atoms with Crippen LogP contribution in [0.25, 0.3) is 0 Å². The summed E-state index contributed by atoms with van der Waals surface area (Å²) < 4.78 is 24.3. The van der Waals surface area contributed by atoms with Crippen LogP contribution in [0.15, 0.2) is 29.2 Å². The van der Waals surface area contributed by atoms with E-state index in [4.69, 9.17) is 0 Å². The normalized spacial score (nSPS) is 12.0. The molecule has 0 amide bonds. The molecular formula is C10H14BrNO2S2. The third kappa shape index (κ3) is 3.76. The first-order chi connectivity index (χ1) is 7.49. The average Bonchev–Trinajstić information content (AvgIpc) is 2.30. The Morgan fingerprint density at radius 1 is 1.31 bits per heavy atom. The molecule has 16 heavy (non-hydrogen) atoms. The molecule has 0 aliphatic carbocycles. The lowest BCUT2D eigenvalue weighted by Crippen LogP contribution is -2.26. The zero-order chi connectivity index (χ0) is 12.2. The molecule has 0 bridgehead atoms. The van der Waals surface area contributed by atoms with Gasteiger partial charge in [-0.15, -0.1) is 11.8 Å². The summed E-state index contributed by atoms with van der Waals surface area (Å²) in [6.45, 7) is 0.405. The molecule has 0 unspecified atom stereocenters. The second-order valence-electron chi connectivity index (χ2n) is 3.33. The molecule has 6 heteroatoms. The highest BCUT2D eigenvalue weighted by molar-refractivity contribution is 9.10. The zero-order valence-corrected chi connectivity index (χ0v) is 12.4. The summed E-state index contributed by atoms with van der Waals surface area (Å²) in [6.07, 6.45) is 2.01. The van der Waals surface area contributed by atoms with Gasteiger partial charge in [0, 0.05) is 18.5 Å². The quantitative estimate of drug-likeness (QED) is 0.617. The number of hydrogen-bond acceptors (Lipinski definition) is 3. The monoisotopic (exact) mass is 323 g/mol. The van der Waals surface area contributed by atoms with Gasteiger partial charge in [0.05, 0.1) is 0 Å². The van der Waals surface area contributed by atoms with Gasteiger partial charge in [0.15, 0.2) is 0 Å². The van der Waals surface area contributed by atoms with E-state index < -0.39 is 10.0 Å². The molecule has 90 valence electrons. The Bertz CT molecular complexity index is 431. The van der Waals surface area contributed by atoms with Crippen molar-refractivity contribution < 1.29 is 8.42 Å². The maximum absolute atomic E-state index is 11.5. The summed E-state index contributed by atoms with van der Waals surface area (Å²) in [5.74, 6) is 0. The van der Waals surface area contributed by atoms with Gasteiger partial charge in [0.25, 0.3) is 0 Å². The molecule has 1 aromatic carbocycles. The zero-order valence-electron chi connectivity index (χ0n) is 9.18. The lowest BCUT2D eigenvalue weighted by molar-refractivity contribution is 0.471. The second kappa shape index (κ2) is 6.05. The van der Waals surface area contributed by atoms with Crippen LogP contribution in [-0.4, -0.2) is 30.7 Å². The molecule has 0 spiro atoms. The predicted octanol–water partition coefficient (Wildman–Crippen LogP) is 2.52. The van der Waals surface area contributed by atoms with Gasteiger partial charge in [-0.1, -0.05) is 28.1 Å². The fourth-order valence-corrected chi connectivity index (χ4v) is 3.14. The number of rotatable bonds is 5. The molecule has 0 saturated carbocycles. The van der Waals surface area contributed by atoms with Crippen LogP contribution in [0.1, 0.15) is 5.56 Å². The molecule has 1 rings (SSSR count). The maximum Gasteiger partial charge on any atom is 0.224 e.